The molecule has 0 heterocycles. The summed E-state index contributed by atoms with van der Waals surface area (Å²) < 4.78 is 10.5. The largest absolute Gasteiger partial charge is 0.462 e. The maximum Gasteiger partial charge on any atom is 0.306 e. The van der Waals surface area contributed by atoms with Gasteiger partial charge in [-0.1, -0.05) is 172 Å². The van der Waals surface area contributed by atoms with Crippen LogP contribution in [0.15, 0.2) is 36.5 Å². The molecule has 0 aromatic carbocycles. The van der Waals surface area contributed by atoms with Crippen LogP contribution >= 0.6 is 0 Å². The summed E-state index contributed by atoms with van der Waals surface area (Å²) in [5.41, 5.74) is 0. The Kier molecular flexibility index (Phi) is 35.4. The van der Waals surface area contributed by atoms with E-state index >= 15 is 0 Å². The minimum absolute atomic E-state index is 0.152. The zero-order chi connectivity index (χ0) is 34.5. The van der Waals surface area contributed by atoms with Crippen LogP contribution in [0.5, 0.6) is 0 Å². The third-order valence-electron chi connectivity index (χ3n) is 8.54. The molecule has 0 spiro atoms. The maximum atomic E-state index is 12.2. The summed E-state index contributed by atoms with van der Waals surface area (Å²) in [6.45, 7) is 3.97. The molecule has 0 aliphatic heterocycles. The van der Waals surface area contributed by atoms with Crippen molar-refractivity contribution in [1.29, 1.82) is 0 Å². The highest BCUT2D eigenvalue weighted by Crippen LogP contribution is 2.14. The summed E-state index contributed by atoms with van der Waals surface area (Å²) >= 11 is 0. The highest BCUT2D eigenvalue weighted by atomic mass is 16.6. The molecule has 1 unspecified atom stereocenters. The molecule has 0 amide bonds. The number of aliphatic hydroxyl groups excluding tert-OH is 2. The number of hydrogen-bond acceptors (Lipinski definition) is 6. The van der Waals surface area contributed by atoms with Crippen LogP contribution in [-0.4, -0.2) is 47.6 Å². The van der Waals surface area contributed by atoms with E-state index in [4.69, 9.17) is 9.47 Å². The Hall–Kier alpha value is -1.92. The Morgan fingerprint density at radius 1 is 0.596 bits per heavy atom. The average Bonchev–Trinajstić information content (AvgIpc) is 3.06. The van der Waals surface area contributed by atoms with Gasteiger partial charge in [-0.05, 0) is 38.5 Å². The molecule has 0 aliphatic carbocycles. The van der Waals surface area contributed by atoms with Gasteiger partial charge in [0.25, 0.3) is 0 Å². The van der Waals surface area contributed by atoms with Gasteiger partial charge >= 0.3 is 11.9 Å². The smallest absolute Gasteiger partial charge is 0.306 e. The predicted molar refractivity (Wildman–Crippen MR) is 197 cm³/mol. The van der Waals surface area contributed by atoms with Crippen LogP contribution in [0.2, 0.25) is 0 Å². The van der Waals surface area contributed by atoms with E-state index < -0.39 is 18.2 Å². The number of aliphatic hydroxyl groups is 2. The minimum atomic E-state index is -0.839. The van der Waals surface area contributed by atoms with E-state index in [9.17, 15) is 19.8 Å². The Morgan fingerprint density at radius 2 is 1.11 bits per heavy atom. The van der Waals surface area contributed by atoms with Crippen LogP contribution in [0.3, 0.4) is 0 Å². The molecule has 0 aliphatic rings. The number of unbranched alkanes of at least 4 members (excludes halogenated alkanes) is 20. The lowest BCUT2D eigenvalue weighted by molar-refractivity contribution is -0.161. The van der Waals surface area contributed by atoms with Crippen molar-refractivity contribution in [3.63, 3.8) is 0 Å². The maximum absolute atomic E-state index is 12.2. The number of carbonyl (C=O) groups excluding carboxylic acids is 2. The van der Waals surface area contributed by atoms with Gasteiger partial charge in [-0.25, -0.2) is 0 Å². The first-order valence-corrected chi connectivity index (χ1v) is 19.7. The second-order valence-corrected chi connectivity index (χ2v) is 13.2. The first-order chi connectivity index (χ1) is 23.0. The van der Waals surface area contributed by atoms with Crippen molar-refractivity contribution in [2.24, 2.45) is 0 Å². The van der Waals surface area contributed by atoms with Crippen molar-refractivity contribution in [3.8, 4) is 0 Å². The summed E-state index contributed by atoms with van der Waals surface area (Å²) in [5.74, 6) is -0.784. The standard InChI is InChI=1S/C41H74O6/c1-3-5-7-9-11-13-15-17-18-20-22-24-26-28-30-34-41(45)47-39(36-42)37-46-40(44)35-31-33-38(43)32-29-27-25-23-21-19-16-14-12-10-8-6-4-2/h19,21,25,27,29,32,38-39,42-43H,3-18,20,22-24,26,28,30-31,33-37H2,1-2H3/b21-19+,27-25+,32-29+/t38?,39-/m0/s1. The zero-order valence-electron chi connectivity index (χ0n) is 30.7. The number of hydrogen-bond donors (Lipinski definition) is 2. The van der Waals surface area contributed by atoms with Gasteiger partial charge < -0.3 is 19.7 Å². The van der Waals surface area contributed by atoms with Crippen molar-refractivity contribution in [3.05, 3.63) is 36.5 Å². The molecule has 0 radical (unpaired) electrons. The number of rotatable bonds is 35. The van der Waals surface area contributed by atoms with E-state index in [1.165, 1.54) is 116 Å². The summed E-state index contributed by atoms with van der Waals surface area (Å²) in [5, 5.41) is 19.7. The first-order valence-electron chi connectivity index (χ1n) is 19.7. The molecule has 0 aromatic rings. The summed E-state index contributed by atoms with van der Waals surface area (Å²) in [6, 6.07) is 0. The highest BCUT2D eigenvalue weighted by Gasteiger charge is 2.16. The molecular formula is C41H74O6. The average molecular weight is 663 g/mol. The van der Waals surface area contributed by atoms with E-state index in [2.05, 4.69) is 32.1 Å². The van der Waals surface area contributed by atoms with Gasteiger partial charge in [0, 0.05) is 12.8 Å². The van der Waals surface area contributed by atoms with Crippen LogP contribution < -0.4 is 0 Å². The molecular weight excluding hydrogens is 588 g/mol. The quantitative estimate of drug-likeness (QED) is 0.0304. The van der Waals surface area contributed by atoms with Gasteiger partial charge in [0.15, 0.2) is 6.10 Å². The normalized spacial score (nSPS) is 13.2. The summed E-state index contributed by atoms with van der Waals surface area (Å²) in [4.78, 5) is 24.2. The molecule has 0 fully saturated rings. The Labute approximate surface area is 289 Å². The first kappa shape index (κ1) is 45.1. The molecule has 6 heteroatoms. The number of ether oxygens (including phenoxy) is 2. The molecule has 274 valence electrons. The lowest BCUT2D eigenvalue weighted by Crippen LogP contribution is -2.28. The fourth-order valence-corrected chi connectivity index (χ4v) is 5.50. The monoisotopic (exact) mass is 663 g/mol. The summed E-state index contributed by atoms with van der Waals surface area (Å²) in [6.07, 6.45) is 40.9. The van der Waals surface area contributed by atoms with Gasteiger partial charge in [-0.15, -0.1) is 0 Å². The van der Waals surface area contributed by atoms with Gasteiger partial charge in [-0.3, -0.25) is 9.59 Å². The molecule has 0 rings (SSSR count). The molecule has 0 aromatic heterocycles. The molecule has 2 N–H and O–H groups in total. The molecule has 6 nitrogen and oxygen atoms in total. The zero-order valence-corrected chi connectivity index (χ0v) is 30.7. The Bertz CT molecular complexity index is 774. The topological polar surface area (TPSA) is 93.1 Å². The Morgan fingerprint density at radius 3 is 1.66 bits per heavy atom. The van der Waals surface area contributed by atoms with Gasteiger partial charge in [-0.2, -0.15) is 0 Å². The fraction of sp³-hybridized carbons (Fsp3) is 0.805. The van der Waals surface area contributed by atoms with Crippen LogP contribution in [-0.2, 0) is 19.1 Å². The predicted octanol–water partition coefficient (Wildman–Crippen LogP) is 11.0. The van der Waals surface area contributed by atoms with Gasteiger partial charge in [0.05, 0.1) is 12.7 Å². The number of allylic oxidation sites excluding steroid dienone is 5. The molecule has 0 saturated heterocycles. The Balaban J connectivity index is 3.73. The van der Waals surface area contributed by atoms with E-state index in [1.807, 2.05) is 12.2 Å². The van der Waals surface area contributed by atoms with Crippen LogP contribution in [0.4, 0.5) is 0 Å². The van der Waals surface area contributed by atoms with Crippen LogP contribution in [0, 0.1) is 0 Å². The third kappa shape index (κ3) is 35.2. The minimum Gasteiger partial charge on any atom is -0.462 e. The molecule has 0 saturated carbocycles. The third-order valence-corrected chi connectivity index (χ3v) is 8.54. The van der Waals surface area contributed by atoms with Crippen molar-refractivity contribution < 1.29 is 29.3 Å². The lowest BCUT2D eigenvalue weighted by atomic mass is 10.0. The van der Waals surface area contributed by atoms with E-state index in [0.717, 1.165) is 32.1 Å². The van der Waals surface area contributed by atoms with Crippen molar-refractivity contribution >= 4 is 11.9 Å². The fourth-order valence-electron chi connectivity index (χ4n) is 5.50. The summed E-state index contributed by atoms with van der Waals surface area (Å²) in [7, 11) is 0. The van der Waals surface area contributed by atoms with E-state index in [0.29, 0.717) is 19.3 Å². The lowest BCUT2D eigenvalue weighted by Gasteiger charge is -2.16. The highest BCUT2D eigenvalue weighted by molar-refractivity contribution is 5.70. The number of carbonyl (C=O) groups is 2. The van der Waals surface area contributed by atoms with Crippen LogP contribution in [0.1, 0.15) is 187 Å². The van der Waals surface area contributed by atoms with E-state index in [-0.39, 0.29) is 25.6 Å². The number of esters is 2. The second kappa shape index (κ2) is 36.9. The van der Waals surface area contributed by atoms with Crippen molar-refractivity contribution in [1.82, 2.24) is 0 Å². The SMILES string of the molecule is CCCCCCCC/C=C/C/C=C/C=C/C(O)CCCC(=O)OC[C@H](CO)OC(=O)CCCCCCCCCCCCCCCCC. The van der Waals surface area contributed by atoms with Crippen molar-refractivity contribution in [2.75, 3.05) is 13.2 Å². The van der Waals surface area contributed by atoms with Crippen LogP contribution in [0.25, 0.3) is 0 Å². The van der Waals surface area contributed by atoms with Gasteiger partial charge in [0.1, 0.15) is 6.61 Å². The van der Waals surface area contributed by atoms with Gasteiger partial charge in [0.2, 0.25) is 0 Å². The second-order valence-electron chi connectivity index (χ2n) is 13.2. The molecule has 0 bridgehead atoms. The molecule has 47 heavy (non-hydrogen) atoms. The van der Waals surface area contributed by atoms with Crippen molar-refractivity contribution in [2.45, 2.75) is 199 Å². The van der Waals surface area contributed by atoms with E-state index in [1.54, 1.807) is 6.08 Å². The molecule has 2 atom stereocenters.